The van der Waals surface area contributed by atoms with E-state index in [9.17, 15) is 9.59 Å². The van der Waals surface area contributed by atoms with Crippen LogP contribution in [-0.2, 0) is 15.9 Å². The van der Waals surface area contributed by atoms with Crippen LogP contribution in [-0.4, -0.2) is 75.7 Å². The Balaban J connectivity index is 0.000000819. The molecule has 2 aromatic rings. The molecule has 0 aliphatic carbocycles. The van der Waals surface area contributed by atoms with Crippen molar-refractivity contribution in [2.75, 3.05) is 52.8 Å². The molecule has 39 heavy (non-hydrogen) atoms. The smallest absolute Gasteiger partial charge is 0.411 e. The maximum Gasteiger partial charge on any atom is 0.411 e. The third-order valence-electron chi connectivity index (χ3n) is 5.75. The van der Waals surface area contributed by atoms with Crippen LogP contribution in [0.3, 0.4) is 0 Å². The molecule has 1 fully saturated rings. The monoisotopic (exact) mass is 538 g/mol. The summed E-state index contributed by atoms with van der Waals surface area (Å²) in [4.78, 5) is 29.8. The number of epoxide rings is 1. The Morgan fingerprint density at radius 1 is 1.21 bits per heavy atom. The molecule has 0 spiro atoms. The lowest BCUT2D eigenvalue weighted by Crippen LogP contribution is -2.27. The number of benzene rings is 2. The highest BCUT2D eigenvalue weighted by Gasteiger charge is 2.36. The molecule has 0 aromatic heterocycles. The first-order valence-corrected chi connectivity index (χ1v) is 13.2. The van der Waals surface area contributed by atoms with Crippen molar-refractivity contribution in [1.82, 2.24) is 10.2 Å². The lowest BCUT2D eigenvalue weighted by atomic mass is 10.0. The number of carbonyl (C=O) groups is 2. The van der Waals surface area contributed by atoms with Crippen LogP contribution in [0, 0.1) is 0 Å². The second kappa shape index (κ2) is 16.3. The molecule has 1 unspecified atom stereocenters. The second-order valence-corrected chi connectivity index (χ2v) is 9.58. The molecule has 214 valence electrons. The normalized spacial score (nSPS) is 16.3. The molecule has 0 bridgehead atoms. The zero-order chi connectivity index (χ0) is 28.7. The van der Waals surface area contributed by atoms with Crippen molar-refractivity contribution < 1.29 is 21.9 Å². The van der Waals surface area contributed by atoms with Gasteiger partial charge in [0.25, 0.3) is 5.91 Å². The number of hydrogen-bond donors (Lipinski definition) is 2. The van der Waals surface area contributed by atoms with Crippen LogP contribution in [0.4, 0.5) is 10.5 Å². The maximum absolute atomic E-state index is 12.3. The van der Waals surface area contributed by atoms with Gasteiger partial charge in [-0.05, 0) is 89.3 Å². The van der Waals surface area contributed by atoms with Crippen LogP contribution < -0.4 is 10.6 Å². The number of hydrogen-bond acceptors (Lipinski definition) is 6. The predicted molar refractivity (Wildman–Crippen MR) is 163 cm³/mol. The highest BCUT2D eigenvalue weighted by molar-refractivity contribution is 6.10. The van der Waals surface area contributed by atoms with Crippen LogP contribution in [0.5, 0.6) is 0 Å². The molecule has 1 heterocycles. The van der Waals surface area contributed by atoms with Gasteiger partial charge in [-0.1, -0.05) is 30.3 Å². The van der Waals surface area contributed by atoms with Gasteiger partial charge in [-0.2, -0.15) is 0 Å². The van der Waals surface area contributed by atoms with Crippen molar-refractivity contribution >= 4 is 23.4 Å². The molecule has 2 aromatic carbocycles. The van der Waals surface area contributed by atoms with Crippen molar-refractivity contribution in [3.8, 4) is 0 Å². The van der Waals surface area contributed by atoms with Crippen molar-refractivity contribution in [2.45, 2.75) is 32.3 Å². The van der Waals surface area contributed by atoms with Crippen LogP contribution in [0.2, 0.25) is 0 Å². The number of nitrogens with one attached hydrogen (secondary N) is 2. The number of carbonyl (C=O) groups excluding carboxylic acids is 2. The van der Waals surface area contributed by atoms with Gasteiger partial charge in [0.2, 0.25) is 0 Å². The minimum Gasteiger partial charge on any atom is -0.450 e. The lowest BCUT2D eigenvalue weighted by Gasteiger charge is -2.10. The fourth-order valence-corrected chi connectivity index (χ4v) is 3.51. The Labute approximate surface area is 235 Å². The van der Waals surface area contributed by atoms with Gasteiger partial charge in [-0.15, -0.1) is 6.58 Å². The molecule has 1 aliphatic rings. The Morgan fingerprint density at radius 2 is 1.92 bits per heavy atom. The number of aliphatic imine (C=N–C) groups is 1. The van der Waals surface area contributed by atoms with Gasteiger partial charge >= 0.3 is 6.09 Å². The van der Waals surface area contributed by atoms with Gasteiger partial charge in [0, 0.05) is 33.3 Å². The fraction of sp³-hybridized carbons (Fsp3) is 0.387. The summed E-state index contributed by atoms with van der Waals surface area (Å²) in [6, 6.07) is 15.2. The zero-order valence-electron chi connectivity index (χ0n) is 23.8. The quantitative estimate of drug-likeness (QED) is 0.159. The molecule has 8 nitrogen and oxygen atoms in total. The Hall–Kier alpha value is -3.75. The number of nitrogens with zero attached hydrogens (tertiary/aromatic N) is 2. The van der Waals surface area contributed by atoms with Gasteiger partial charge in [0.05, 0.1) is 18.9 Å². The van der Waals surface area contributed by atoms with E-state index in [-0.39, 0.29) is 14.4 Å². The number of allylic oxidation sites excluding steroid dienone is 2. The highest BCUT2D eigenvalue weighted by Crippen LogP contribution is 2.27. The summed E-state index contributed by atoms with van der Waals surface area (Å²) in [6.07, 6.45) is 7.10. The van der Waals surface area contributed by atoms with E-state index in [0.717, 1.165) is 48.5 Å². The second-order valence-electron chi connectivity index (χ2n) is 9.58. The molecule has 0 radical (unpaired) electrons. The van der Waals surface area contributed by atoms with E-state index in [1.165, 1.54) is 0 Å². The molecule has 1 saturated heterocycles. The molecular formula is C31H46N4O4. The van der Waals surface area contributed by atoms with E-state index in [4.69, 9.17) is 9.47 Å². The highest BCUT2D eigenvalue weighted by atomic mass is 16.6. The first kappa shape index (κ1) is 31.5. The molecule has 2 N–H and O–H groups in total. The van der Waals surface area contributed by atoms with E-state index in [1.807, 2.05) is 87.8 Å². The third kappa shape index (κ3) is 12.1. The summed E-state index contributed by atoms with van der Waals surface area (Å²) in [5.74, 6) is -0.0486. The summed E-state index contributed by atoms with van der Waals surface area (Å²) in [5, 5.41) is 5.61. The van der Waals surface area contributed by atoms with Crippen molar-refractivity contribution in [1.29, 1.82) is 0 Å². The van der Waals surface area contributed by atoms with Gasteiger partial charge in [0.1, 0.15) is 5.60 Å². The standard InChI is InChI=1S/C19H27N3O2.C12H15NO2.2H2/c1-19(14-24-19)10-9-17(20-2)15-7-5-8-16(13-15)18(23)21-11-6-12-22(3)4;1-3-6-10-7-5-8-11(9-10)13-12(14)15-4-2;;/h5,7-10,13H,6,11-12,14H2,1-4H3,(H,21,23);3,5,7-9H,1,4,6H2,2H3,(H,13,14);2*1H/b10-9-,20-17?;;;. The summed E-state index contributed by atoms with van der Waals surface area (Å²) in [5.41, 5.74) is 4.12. The lowest BCUT2D eigenvalue weighted by molar-refractivity contribution is 0.0952. The zero-order valence-corrected chi connectivity index (χ0v) is 23.8. The molecule has 1 aliphatic heterocycles. The van der Waals surface area contributed by atoms with Crippen LogP contribution in [0.25, 0.3) is 0 Å². The van der Waals surface area contributed by atoms with Gasteiger partial charge in [-0.3, -0.25) is 15.1 Å². The number of ether oxygens (including phenoxy) is 2. The third-order valence-corrected chi connectivity index (χ3v) is 5.75. The van der Waals surface area contributed by atoms with E-state index >= 15 is 0 Å². The average Bonchev–Trinajstić information content (AvgIpc) is 3.65. The van der Waals surface area contributed by atoms with Crippen LogP contribution >= 0.6 is 0 Å². The first-order valence-electron chi connectivity index (χ1n) is 13.2. The summed E-state index contributed by atoms with van der Waals surface area (Å²) >= 11 is 0. The number of rotatable bonds is 12. The van der Waals surface area contributed by atoms with Crippen LogP contribution in [0.15, 0.2) is 78.3 Å². The summed E-state index contributed by atoms with van der Waals surface area (Å²) in [7, 11) is 5.80. The van der Waals surface area contributed by atoms with Crippen molar-refractivity contribution in [2.24, 2.45) is 4.99 Å². The molecule has 8 heteroatoms. The average molecular weight is 539 g/mol. The van der Waals surface area contributed by atoms with E-state index in [0.29, 0.717) is 18.7 Å². The largest absolute Gasteiger partial charge is 0.450 e. The predicted octanol–water partition coefficient (Wildman–Crippen LogP) is 5.61. The molecule has 0 saturated carbocycles. The van der Waals surface area contributed by atoms with Gasteiger partial charge in [-0.25, -0.2) is 4.79 Å². The van der Waals surface area contributed by atoms with Gasteiger partial charge < -0.3 is 19.7 Å². The first-order chi connectivity index (χ1) is 18.7. The van der Waals surface area contributed by atoms with E-state index < -0.39 is 6.09 Å². The minimum atomic E-state index is -0.423. The molecular weight excluding hydrogens is 492 g/mol. The van der Waals surface area contributed by atoms with Crippen LogP contribution in [0.1, 0.15) is 44.6 Å². The maximum atomic E-state index is 12.3. The van der Waals surface area contributed by atoms with Gasteiger partial charge in [0.15, 0.2) is 0 Å². The van der Waals surface area contributed by atoms with E-state index in [2.05, 4.69) is 27.1 Å². The fourth-order valence-electron chi connectivity index (χ4n) is 3.51. The molecule has 1 atom stereocenters. The topological polar surface area (TPSA) is 95.6 Å². The minimum absolute atomic E-state index is 0. The Bertz CT molecular complexity index is 1160. The number of amides is 2. The SMILES string of the molecule is C=CCc1cccc(NC(=O)OCC)c1.CN=C(/C=C\C1(C)CO1)c1cccc(C(=O)NCCCN(C)C)c1.[HH].[HH]. The summed E-state index contributed by atoms with van der Waals surface area (Å²) < 4.78 is 10.1. The van der Waals surface area contributed by atoms with Crippen molar-refractivity contribution in [3.63, 3.8) is 0 Å². The van der Waals surface area contributed by atoms with Crippen molar-refractivity contribution in [3.05, 3.63) is 90.0 Å². The van der Waals surface area contributed by atoms with E-state index in [1.54, 1.807) is 14.0 Å². The Morgan fingerprint density at radius 3 is 2.56 bits per heavy atom. The molecule has 3 rings (SSSR count). The Kier molecular flexibility index (Phi) is 13.1. The summed E-state index contributed by atoms with van der Waals surface area (Å²) in [6.45, 7) is 10.2. The molecule has 2 amide bonds. The number of anilines is 1.